The number of nitrogens with two attached hydrogens (primary N) is 1. The summed E-state index contributed by atoms with van der Waals surface area (Å²) in [6.07, 6.45) is 4.86. The first-order chi connectivity index (χ1) is 16.6. The molecule has 0 amide bonds. The van der Waals surface area contributed by atoms with Crippen molar-refractivity contribution in [2.24, 2.45) is 5.73 Å². The summed E-state index contributed by atoms with van der Waals surface area (Å²) in [5.41, 5.74) is 11.8. The molecule has 1 spiro atoms. The van der Waals surface area contributed by atoms with Crippen LogP contribution >= 0.6 is 0 Å². The molecule has 1 saturated carbocycles. The number of aromatic nitrogens is 4. The van der Waals surface area contributed by atoms with Crippen LogP contribution in [0.25, 0.3) is 11.0 Å². The fraction of sp³-hybridized carbons (Fsp3) is 0.370. The summed E-state index contributed by atoms with van der Waals surface area (Å²) < 4.78 is 0. The lowest BCUT2D eigenvalue weighted by atomic mass is 9.71. The number of anilines is 1. The number of H-pyrrole nitrogens is 2. The van der Waals surface area contributed by atoms with Crippen LogP contribution in [0.2, 0.25) is 0 Å². The van der Waals surface area contributed by atoms with Crippen molar-refractivity contribution < 1.29 is 0 Å². The molecule has 7 nitrogen and oxygen atoms in total. The predicted octanol–water partition coefficient (Wildman–Crippen LogP) is 3.15. The van der Waals surface area contributed by atoms with Crippen molar-refractivity contribution in [1.82, 2.24) is 20.2 Å². The number of nitrogens with one attached hydrogen (secondary N) is 2. The van der Waals surface area contributed by atoms with E-state index in [9.17, 15) is 4.79 Å². The fourth-order valence-electron chi connectivity index (χ4n) is 6.56. The van der Waals surface area contributed by atoms with Crippen LogP contribution in [0, 0.1) is 0 Å². The molecule has 1 saturated heterocycles. The Balaban J connectivity index is 1.20. The highest BCUT2D eigenvalue weighted by Gasteiger charge is 2.49. The van der Waals surface area contributed by atoms with Crippen LogP contribution in [0.1, 0.15) is 48.1 Å². The number of hydrogen-bond donors (Lipinski definition) is 3. The van der Waals surface area contributed by atoms with Gasteiger partial charge in [0.1, 0.15) is 5.39 Å². The molecule has 1 aliphatic heterocycles. The van der Waals surface area contributed by atoms with E-state index >= 15 is 0 Å². The van der Waals surface area contributed by atoms with Crippen molar-refractivity contribution in [2.75, 3.05) is 18.0 Å². The summed E-state index contributed by atoms with van der Waals surface area (Å²) in [6.45, 7) is 1.61. The average Bonchev–Trinajstić information content (AvgIpc) is 3.49. The number of rotatable bonds is 3. The topological polar surface area (TPSA) is 104 Å². The van der Waals surface area contributed by atoms with Gasteiger partial charge in [-0.15, -0.1) is 0 Å². The van der Waals surface area contributed by atoms with Gasteiger partial charge in [-0.1, -0.05) is 54.6 Å². The Morgan fingerprint density at radius 1 is 0.971 bits per heavy atom. The third-order valence-corrected chi connectivity index (χ3v) is 8.62. The van der Waals surface area contributed by atoms with Gasteiger partial charge in [-0.2, -0.15) is 10.1 Å². The van der Waals surface area contributed by atoms with Crippen molar-refractivity contribution in [1.29, 1.82) is 0 Å². The Morgan fingerprint density at radius 3 is 2.47 bits per heavy atom. The first-order valence-electron chi connectivity index (χ1n) is 12.2. The molecule has 4 aromatic rings. The van der Waals surface area contributed by atoms with E-state index in [4.69, 9.17) is 10.7 Å². The van der Waals surface area contributed by atoms with Gasteiger partial charge in [0.25, 0.3) is 5.56 Å². The zero-order valence-corrected chi connectivity index (χ0v) is 19.1. The van der Waals surface area contributed by atoms with Crippen LogP contribution in [0.5, 0.6) is 0 Å². The van der Waals surface area contributed by atoms with E-state index in [1.165, 1.54) is 16.7 Å². The van der Waals surface area contributed by atoms with Crippen molar-refractivity contribution in [3.8, 4) is 0 Å². The van der Waals surface area contributed by atoms with E-state index in [0.717, 1.165) is 50.9 Å². The van der Waals surface area contributed by atoms with Gasteiger partial charge in [0.05, 0.1) is 5.69 Å². The molecule has 2 aliphatic carbocycles. The Labute approximate surface area is 197 Å². The highest BCUT2D eigenvalue weighted by atomic mass is 16.1. The molecule has 0 bridgehead atoms. The molecule has 0 radical (unpaired) electrons. The smallest absolute Gasteiger partial charge is 0.263 e. The molecule has 4 N–H and O–H groups in total. The molecule has 172 valence electrons. The first kappa shape index (κ1) is 20.0. The number of aromatic amines is 2. The molecule has 0 unspecified atom stereocenters. The molecule has 2 fully saturated rings. The zero-order chi connectivity index (χ0) is 22.9. The highest BCUT2D eigenvalue weighted by molar-refractivity contribution is 5.80. The van der Waals surface area contributed by atoms with Crippen LogP contribution < -0.4 is 16.2 Å². The van der Waals surface area contributed by atoms with Crippen molar-refractivity contribution in [3.05, 3.63) is 87.3 Å². The van der Waals surface area contributed by atoms with Gasteiger partial charge in [-0.3, -0.25) is 14.9 Å². The number of hydrogen-bond acceptors (Lipinski definition) is 5. The van der Waals surface area contributed by atoms with Crippen LogP contribution in [0.4, 0.5) is 5.95 Å². The summed E-state index contributed by atoms with van der Waals surface area (Å²) in [6, 6.07) is 19.2. The second-order valence-corrected chi connectivity index (χ2v) is 10.2. The van der Waals surface area contributed by atoms with Gasteiger partial charge in [0.15, 0.2) is 5.65 Å². The Bertz CT molecular complexity index is 1440. The summed E-state index contributed by atoms with van der Waals surface area (Å²) in [7, 11) is 0. The van der Waals surface area contributed by atoms with E-state index in [-0.39, 0.29) is 22.4 Å². The summed E-state index contributed by atoms with van der Waals surface area (Å²) in [4.78, 5) is 23.3. The quantitative estimate of drug-likeness (QED) is 0.443. The SMILES string of the molecule is N[C@@H]1Cc2ccccc2C12CCN(c1nc3n[nH]c(C4(c5ccccc5)CC4)c3c(=O)[nH]1)CC2. The minimum atomic E-state index is -0.157. The minimum Gasteiger partial charge on any atom is -0.342 e. The van der Waals surface area contributed by atoms with E-state index < -0.39 is 0 Å². The van der Waals surface area contributed by atoms with Crippen LogP contribution in [-0.2, 0) is 17.3 Å². The van der Waals surface area contributed by atoms with Crippen molar-refractivity contribution in [2.45, 2.75) is 49.0 Å². The second-order valence-electron chi connectivity index (χ2n) is 10.2. The fourth-order valence-corrected chi connectivity index (χ4v) is 6.56. The first-order valence-corrected chi connectivity index (χ1v) is 12.2. The van der Waals surface area contributed by atoms with Gasteiger partial charge in [-0.05, 0) is 48.8 Å². The molecular formula is C27H28N6O. The normalized spacial score (nSPS) is 22.3. The van der Waals surface area contributed by atoms with Crippen LogP contribution in [0.3, 0.4) is 0 Å². The molecule has 34 heavy (non-hydrogen) atoms. The van der Waals surface area contributed by atoms with Gasteiger partial charge in [-0.25, -0.2) is 0 Å². The minimum absolute atomic E-state index is 0.0189. The lowest BCUT2D eigenvalue weighted by molar-refractivity contribution is 0.291. The van der Waals surface area contributed by atoms with E-state index in [1.807, 2.05) is 18.2 Å². The number of benzene rings is 2. The molecule has 3 heterocycles. The Morgan fingerprint density at radius 2 is 1.71 bits per heavy atom. The monoisotopic (exact) mass is 452 g/mol. The highest BCUT2D eigenvalue weighted by Crippen LogP contribution is 2.54. The van der Waals surface area contributed by atoms with E-state index in [2.05, 4.69) is 56.5 Å². The maximum absolute atomic E-state index is 13.3. The largest absolute Gasteiger partial charge is 0.342 e. The van der Waals surface area contributed by atoms with Gasteiger partial charge >= 0.3 is 0 Å². The third-order valence-electron chi connectivity index (χ3n) is 8.62. The third kappa shape index (κ3) is 2.70. The molecule has 7 heteroatoms. The summed E-state index contributed by atoms with van der Waals surface area (Å²) in [5, 5.41) is 8.24. The Hall–Kier alpha value is -3.45. The van der Waals surface area contributed by atoms with Gasteiger partial charge in [0, 0.05) is 30.0 Å². The molecule has 3 aliphatic rings. The summed E-state index contributed by atoms with van der Waals surface area (Å²) in [5.74, 6) is 0.606. The van der Waals surface area contributed by atoms with Gasteiger partial charge < -0.3 is 10.6 Å². The number of nitrogens with zero attached hydrogens (tertiary/aromatic N) is 3. The number of fused-ring (bicyclic) bond motifs is 3. The molecular weight excluding hydrogens is 424 g/mol. The molecule has 7 rings (SSSR count). The maximum Gasteiger partial charge on any atom is 0.263 e. The lowest BCUT2D eigenvalue weighted by Gasteiger charge is -2.42. The zero-order valence-electron chi connectivity index (χ0n) is 19.1. The van der Waals surface area contributed by atoms with E-state index in [0.29, 0.717) is 17.0 Å². The lowest BCUT2D eigenvalue weighted by Crippen LogP contribution is -2.51. The van der Waals surface area contributed by atoms with Crippen LogP contribution in [0.15, 0.2) is 59.4 Å². The van der Waals surface area contributed by atoms with E-state index in [1.54, 1.807) is 0 Å². The standard InChI is InChI=1S/C27H28N6O/c28-20-16-17-6-4-5-9-19(17)27(20)12-14-33(15-13-27)25-29-23-21(24(34)30-25)22(31-32-23)26(10-11-26)18-7-2-1-3-8-18/h1-9,20H,10-16,28H2,(H2,29,30,31,32,34)/t20-/m1/s1. The van der Waals surface area contributed by atoms with Crippen LogP contribution in [-0.4, -0.2) is 39.3 Å². The average molecular weight is 453 g/mol. The molecule has 2 aromatic heterocycles. The molecule has 2 aromatic carbocycles. The summed E-state index contributed by atoms with van der Waals surface area (Å²) >= 11 is 0. The van der Waals surface area contributed by atoms with Gasteiger partial charge in [0.2, 0.25) is 5.95 Å². The molecule has 1 atom stereocenters. The number of piperidine rings is 1. The maximum atomic E-state index is 13.3. The Kier molecular flexibility index (Phi) is 4.13. The van der Waals surface area contributed by atoms with Crippen molar-refractivity contribution >= 4 is 17.0 Å². The van der Waals surface area contributed by atoms with Crippen molar-refractivity contribution in [3.63, 3.8) is 0 Å². The predicted molar refractivity (Wildman–Crippen MR) is 132 cm³/mol. The second kappa shape index (κ2) is 7.03.